The van der Waals surface area contributed by atoms with Crippen LogP contribution in [0.25, 0.3) is 0 Å². The van der Waals surface area contributed by atoms with Crippen LogP contribution in [0, 0.1) is 10.1 Å². The summed E-state index contributed by atoms with van der Waals surface area (Å²) in [6.45, 7) is 0. The molecule has 0 aliphatic heterocycles. The molecule has 0 bridgehead atoms. The molecule has 0 aromatic heterocycles. The summed E-state index contributed by atoms with van der Waals surface area (Å²) in [5, 5.41) is 22.6. The van der Waals surface area contributed by atoms with E-state index < -0.39 is 10.8 Å². The number of nitro groups is 1. The third-order valence-electron chi connectivity index (χ3n) is 2.74. The number of benzene rings is 2. The van der Waals surface area contributed by atoms with Crippen LogP contribution in [0.2, 0.25) is 0 Å². The Hall–Kier alpha value is -3.09. The molecule has 108 valence electrons. The summed E-state index contributed by atoms with van der Waals surface area (Å²) < 4.78 is 5.00. The number of nitrogens with zero attached hydrogens (tertiary/aromatic N) is 1. The Labute approximate surface area is 119 Å². The van der Waals surface area contributed by atoms with E-state index in [1.165, 1.54) is 37.4 Å². The number of phenols is 1. The maximum Gasteiger partial charge on any atom is 0.273 e. The van der Waals surface area contributed by atoms with Crippen molar-refractivity contribution in [3.8, 4) is 11.5 Å². The van der Waals surface area contributed by atoms with Gasteiger partial charge in [-0.25, -0.2) is 0 Å². The van der Waals surface area contributed by atoms with Crippen molar-refractivity contribution in [2.45, 2.75) is 0 Å². The van der Waals surface area contributed by atoms with Crippen LogP contribution in [-0.2, 0) is 0 Å². The van der Waals surface area contributed by atoms with Gasteiger partial charge in [0.15, 0.2) is 0 Å². The van der Waals surface area contributed by atoms with Gasteiger partial charge in [0.1, 0.15) is 11.5 Å². The van der Waals surface area contributed by atoms with Crippen LogP contribution >= 0.6 is 0 Å². The summed E-state index contributed by atoms with van der Waals surface area (Å²) in [7, 11) is 1.32. The van der Waals surface area contributed by atoms with Crippen molar-refractivity contribution in [3.05, 3.63) is 58.1 Å². The normalized spacial score (nSPS) is 9.95. The number of anilines is 1. The highest BCUT2D eigenvalue weighted by molar-refractivity contribution is 6.06. The van der Waals surface area contributed by atoms with Crippen LogP contribution < -0.4 is 10.1 Å². The van der Waals surface area contributed by atoms with E-state index >= 15 is 0 Å². The van der Waals surface area contributed by atoms with Crippen LogP contribution in [0.1, 0.15) is 10.4 Å². The lowest BCUT2D eigenvalue weighted by molar-refractivity contribution is -0.384. The van der Waals surface area contributed by atoms with Crippen LogP contribution in [0.4, 0.5) is 11.4 Å². The SMILES string of the molecule is COc1cc([N+](=O)[O-])ccc1C(=O)Nc1cccc(O)c1. The largest absolute Gasteiger partial charge is 0.508 e. The third kappa shape index (κ3) is 3.27. The van der Waals surface area contributed by atoms with E-state index in [1.807, 2.05) is 0 Å². The zero-order chi connectivity index (χ0) is 15.4. The van der Waals surface area contributed by atoms with E-state index in [2.05, 4.69) is 5.32 Å². The monoisotopic (exact) mass is 288 g/mol. The van der Waals surface area contributed by atoms with Gasteiger partial charge < -0.3 is 15.2 Å². The van der Waals surface area contributed by atoms with Gasteiger partial charge in [-0.1, -0.05) is 6.07 Å². The average Bonchev–Trinajstić information content (AvgIpc) is 2.46. The molecule has 0 spiro atoms. The predicted octanol–water partition coefficient (Wildman–Crippen LogP) is 2.56. The molecule has 21 heavy (non-hydrogen) atoms. The minimum atomic E-state index is -0.570. The molecule has 0 atom stereocenters. The van der Waals surface area contributed by atoms with Crippen LogP contribution in [0.5, 0.6) is 11.5 Å². The van der Waals surface area contributed by atoms with E-state index in [9.17, 15) is 20.0 Å². The number of amides is 1. The molecule has 0 aliphatic rings. The molecule has 0 fully saturated rings. The third-order valence-corrected chi connectivity index (χ3v) is 2.74. The summed E-state index contributed by atoms with van der Waals surface area (Å²) in [5.74, 6) is -0.377. The lowest BCUT2D eigenvalue weighted by atomic mass is 10.1. The van der Waals surface area contributed by atoms with Gasteiger partial charge >= 0.3 is 0 Å². The van der Waals surface area contributed by atoms with Crippen molar-refractivity contribution in [1.82, 2.24) is 0 Å². The quantitative estimate of drug-likeness (QED) is 0.665. The van der Waals surface area contributed by atoms with E-state index in [0.29, 0.717) is 5.69 Å². The molecule has 0 saturated heterocycles. The molecule has 1 amide bonds. The van der Waals surface area contributed by atoms with E-state index in [1.54, 1.807) is 12.1 Å². The lowest BCUT2D eigenvalue weighted by Gasteiger charge is -2.09. The molecule has 0 unspecified atom stereocenters. The van der Waals surface area contributed by atoms with Crippen LogP contribution in [-0.4, -0.2) is 23.0 Å². The fourth-order valence-corrected chi connectivity index (χ4v) is 1.76. The first-order valence-corrected chi connectivity index (χ1v) is 5.94. The Morgan fingerprint density at radius 3 is 2.67 bits per heavy atom. The van der Waals surface area contributed by atoms with Crippen LogP contribution in [0.3, 0.4) is 0 Å². The number of carbonyl (C=O) groups is 1. The second kappa shape index (κ2) is 5.91. The second-order valence-electron chi connectivity index (χ2n) is 4.15. The number of aromatic hydroxyl groups is 1. The molecule has 2 rings (SSSR count). The van der Waals surface area contributed by atoms with Crippen molar-refractivity contribution in [3.63, 3.8) is 0 Å². The number of nitro benzene ring substituents is 1. The second-order valence-corrected chi connectivity index (χ2v) is 4.15. The first kappa shape index (κ1) is 14.3. The van der Waals surface area contributed by atoms with Gasteiger partial charge in [-0.3, -0.25) is 14.9 Å². The van der Waals surface area contributed by atoms with Crippen molar-refractivity contribution < 1.29 is 19.6 Å². The molecule has 7 nitrogen and oxygen atoms in total. The molecule has 0 aliphatic carbocycles. The molecule has 2 N–H and O–H groups in total. The molecule has 2 aromatic rings. The number of rotatable bonds is 4. The maximum atomic E-state index is 12.1. The predicted molar refractivity (Wildman–Crippen MR) is 75.7 cm³/mol. The van der Waals surface area contributed by atoms with Crippen molar-refractivity contribution in [2.24, 2.45) is 0 Å². The Kier molecular flexibility index (Phi) is 4.03. The van der Waals surface area contributed by atoms with Crippen molar-refractivity contribution >= 4 is 17.3 Å². The number of carbonyl (C=O) groups excluding carboxylic acids is 1. The Bertz CT molecular complexity index is 700. The number of hydrogen-bond donors (Lipinski definition) is 2. The smallest absolute Gasteiger partial charge is 0.273 e. The summed E-state index contributed by atoms with van der Waals surface area (Å²) in [6, 6.07) is 9.76. The zero-order valence-corrected chi connectivity index (χ0v) is 11.1. The molecular weight excluding hydrogens is 276 g/mol. The maximum absolute atomic E-state index is 12.1. The van der Waals surface area contributed by atoms with E-state index in [0.717, 1.165) is 0 Å². The van der Waals surface area contributed by atoms with Crippen molar-refractivity contribution in [2.75, 3.05) is 12.4 Å². The standard InChI is InChI=1S/C14H12N2O5/c1-21-13-8-10(16(19)20)5-6-12(13)14(18)15-9-3-2-4-11(17)7-9/h2-8,17H,1H3,(H,15,18). The first-order valence-electron chi connectivity index (χ1n) is 5.94. The van der Waals surface area contributed by atoms with Gasteiger partial charge in [-0.2, -0.15) is 0 Å². The molecule has 7 heteroatoms. The van der Waals surface area contributed by atoms with Gasteiger partial charge in [-0.15, -0.1) is 0 Å². The fraction of sp³-hybridized carbons (Fsp3) is 0.0714. The number of ether oxygens (including phenoxy) is 1. The van der Waals surface area contributed by atoms with Gasteiger partial charge in [0.2, 0.25) is 0 Å². The Morgan fingerprint density at radius 2 is 2.05 bits per heavy atom. The van der Waals surface area contributed by atoms with Gasteiger partial charge in [0, 0.05) is 17.8 Å². The highest BCUT2D eigenvalue weighted by Crippen LogP contribution is 2.26. The Balaban J connectivity index is 2.28. The minimum Gasteiger partial charge on any atom is -0.508 e. The molecule has 0 radical (unpaired) electrons. The van der Waals surface area contributed by atoms with E-state index in [-0.39, 0.29) is 22.7 Å². The van der Waals surface area contributed by atoms with Gasteiger partial charge in [0.05, 0.1) is 23.7 Å². The minimum absolute atomic E-state index is 0.0171. The number of methoxy groups -OCH3 is 1. The highest BCUT2D eigenvalue weighted by Gasteiger charge is 2.17. The summed E-state index contributed by atoms with van der Waals surface area (Å²) >= 11 is 0. The average molecular weight is 288 g/mol. The van der Waals surface area contributed by atoms with Crippen LogP contribution in [0.15, 0.2) is 42.5 Å². The first-order chi connectivity index (χ1) is 10.0. The summed E-state index contributed by atoms with van der Waals surface area (Å²) in [4.78, 5) is 22.3. The summed E-state index contributed by atoms with van der Waals surface area (Å²) in [5.41, 5.74) is 0.396. The van der Waals surface area contributed by atoms with Gasteiger partial charge in [-0.05, 0) is 18.2 Å². The van der Waals surface area contributed by atoms with E-state index in [4.69, 9.17) is 4.74 Å². The lowest BCUT2D eigenvalue weighted by Crippen LogP contribution is -2.13. The van der Waals surface area contributed by atoms with Crippen molar-refractivity contribution in [1.29, 1.82) is 0 Å². The Morgan fingerprint density at radius 1 is 1.29 bits per heavy atom. The number of phenolic OH excluding ortho intramolecular Hbond substituents is 1. The fourth-order valence-electron chi connectivity index (χ4n) is 1.76. The topological polar surface area (TPSA) is 102 Å². The number of non-ortho nitro benzene ring substituents is 1. The summed E-state index contributed by atoms with van der Waals surface area (Å²) in [6.07, 6.45) is 0. The number of hydrogen-bond acceptors (Lipinski definition) is 5. The highest BCUT2D eigenvalue weighted by atomic mass is 16.6. The zero-order valence-electron chi connectivity index (χ0n) is 11.1. The van der Waals surface area contributed by atoms with Gasteiger partial charge in [0.25, 0.3) is 11.6 Å². The molecule has 0 saturated carbocycles. The number of nitrogens with one attached hydrogen (secondary N) is 1. The molecule has 0 heterocycles. The molecular formula is C14H12N2O5. The molecule has 2 aromatic carbocycles.